The Hall–Kier alpha value is -6.80. The predicted octanol–water partition coefficient (Wildman–Crippen LogP) is 10.6. The van der Waals surface area contributed by atoms with Crippen LogP contribution in [-0.2, 0) is 23.9 Å². The highest BCUT2D eigenvalue weighted by atomic mass is 16.5. The third kappa shape index (κ3) is 21.3. The van der Waals surface area contributed by atoms with Crippen LogP contribution in [0.4, 0.5) is 0 Å². The molecule has 74 heavy (non-hydrogen) atoms. The van der Waals surface area contributed by atoms with E-state index in [9.17, 15) is 49.8 Å². The molecule has 9 N–H and O–H groups in total. The van der Waals surface area contributed by atoms with Crippen LogP contribution in [0.3, 0.4) is 0 Å². The van der Waals surface area contributed by atoms with E-state index in [0.717, 1.165) is 27.9 Å². The summed E-state index contributed by atoms with van der Waals surface area (Å²) in [5.74, 6) is -2.47. The van der Waals surface area contributed by atoms with Gasteiger partial charge in [0.1, 0.15) is 29.0 Å². The number of allylic oxidation sites excluding steroid dienone is 14. The molecule has 2 saturated carbocycles. The Morgan fingerprint density at radius 3 is 1.62 bits per heavy atom. The lowest BCUT2D eigenvalue weighted by atomic mass is 9.56. The molecule has 0 saturated heterocycles. The third-order valence-electron chi connectivity index (χ3n) is 12.7. The molecule has 4 rings (SSSR count). The summed E-state index contributed by atoms with van der Waals surface area (Å²) in [6, 6.07) is 11.1. The third-order valence-corrected chi connectivity index (χ3v) is 12.7. The summed E-state index contributed by atoms with van der Waals surface area (Å²) in [5, 5.41) is 87.2. The maximum absolute atomic E-state index is 13.0. The van der Waals surface area contributed by atoms with Gasteiger partial charge in [-0.3, -0.25) is 19.2 Å². The van der Waals surface area contributed by atoms with Crippen molar-refractivity contribution >= 4 is 35.8 Å². The first-order chi connectivity index (χ1) is 34.2. The standard InChI is InChI=1S/C42H60O7.C14H12O3.C4H6O4/c1-29(18-14-19-31(3)22-23-37-38(6,7)26-35(49-33(5)43)27-40(37,10)46)16-12-13-17-30(2)20-15-21-32(4)36(45)28-42(48)39(8,9)24-34(44)25-41(42,11)47;15-12-5-3-10(4-6-12)1-2-11-7-13(16)9-14(17)8-11;5-3(6)1-2-4(7)8/h12-22,34-35,44,46-48H,24-28H2,1-11H3;1-9,15-17H;1-2H2,(H,5,6)(H,7,8)/b13-12+,18-14+,20-15+,29-16+,30-17+,31-19+,32-21+;2-1+;. The first kappa shape index (κ1) is 63.3. The van der Waals surface area contributed by atoms with Gasteiger partial charge >= 0.3 is 17.9 Å². The Morgan fingerprint density at radius 1 is 0.635 bits per heavy atom. The second-order valence-corrected chi connectivity index (χ2v) is 20.8. The zero-order valence-electron chi connectivity index (χ0n) is 44.7. The van der Waals surface area contributed by atoms with Crippen molar-refractivity contribution < 1.29 is 69.9 Å². The number of aromatic hydroxyl groups is 3. The first-order valence-electron chi connectivity index (χ1n) is 24.4. The molecule has 0 aliphatic heterocycles. The fourth-order valence-electron chi connectivity index (χ4n) is 8.93. The van der Waals surface area contributed by atoms with E-state index in [4.69, 9.17) is 20.1 Å². The van der Waals surface area contributed by atoms with Crippen molar-refractivity contribution in [2.24, 2.45) is 10.8 Å². The number of ketones is 1. The molecule has 0 heterocycles. The van der Waals surface area contributed by atoms with Gasteiger partial charge in [0.05, 0.1) is 30.1 Å². The highest BCUT2D eigenvalue weighted by molar-refractivity contribution is 5.96. The molecule has 0 bridgehead atoms. The van der Waals surface area contributed by atoms with Crippen molar-refractivity contribution in [3.8, 4) is 17.2 Å². The zero-order chi connectivity index (χ0) is 56.2. The van der Waals surface area contributed by atoms with E-state index >= 15 is 0 Å². The average molecular weight is 1020 g/mol. The number of phenols is 3. The number of ether oxygens (including phenoxy) is 1. The van der Waals surface area contributed by atoms with Gasteiger partial charge in [0.15, 0.2) is 5.78 Å². The summed E-state index contributed by atoms with van der Waals surface area (Å²) in [6.07, 6.45) is 24.1. The van der Waals surface area contributed by atoms with Crippen molar-refractivity contribution in [2.45, 2.75) is 150 Å². The van der Waals surface area contributed by atoms with Gasteiger partial charge in [-0.2, -0.15) is 0 Å². The largest absolute Gasteiger partial charge is 0.508 e. The molecule has 14 heteroatoms. The summed E-state index contributed by atoms with van der Waals surface area (Å²) in [4.78, 5) is 43.7. The minimum Gasteiger partial charge on any atom is -0.508 e. The van der Waals surface area contributed by atoms with Gasteiger partial charge in [-0.1, -0.05) is 124 Å². The Labute approximate surface area is 436 Å². The number of aliphatic carboxylic acids is 2. The fraction of sp³-hybridized carbons (Fsp3) is 0.417. The number of aliphatic hydroxyl groups is 4. The van der Waals surface area contributed by atoms with Crippen LogP contribution in [0.25, 0.3) is 12.2 Å². The number of carboxylic acid groups (broad SMARTS) is 2. The Kier molecular flexibility index (Phi) is 24.0. The van der Waals surface area contributed by atoms with Crippen molar-refractivity contribution in [3.05, 3.63) is 154 Å². The topological polar surface area (TPSA) is 260 Å². The molecule has 2 aliphatic carbocycles. The molecule has 0 radical (unpaired) electrons. The Morgan fingerprint density at radius 2 is 1.14 bits per heavy atom. The van der Waals surface area contributed by atoms with Crippen LogP contribution in [0, 0.1) is 10.8 Å². The van der Waals surface area contributed by atoms with E-state index in [-0.39, 0.29) is 66.2 Å². The lowest BCUT2D eigenvalue weighted by molar-refractivity contribution is -0.243. The van der Waals surface area contributed by atoms with Crippen molar-refractivity contribution in [2.75, 3.05) is 0 Å². The number of carbonyl (C=O) groups is 4. The highest BCUT2D eigenvalue weighted by Gasteiger charge is 2.60. The number of rotatable bonds is 16. The van der Waals surface area contributed by atoms with Crippen molar-refractivity contribution in [1.82, 2.24) is 0 Å². The molecule has 0 amide bonds. The number of benzene rings is 2. The van der Waals surface area contributed by atoms with E-state index in [1.54, 1.807) is 82.3 Å². The van der Waals surface area contributed by atoms with E-state index < -0.39 is 40.3 Å². The smallest absolute Gasteiger partial charge is 0.303 e. The van der Waals surface area contributed by atoms with Crippen LogP contribution in [0.2, 0.25) is 0 Å². The zero-order valence-corrected chi connectivity index (χ0v) is 44.7. The number of esters is 1. The number of carboxylic acids is 2. The number of Topliss-reactive ketones (excluding diaryl/α,β-unsaturated/α-hetero) is 1. The number of hydrogen-bond acceptors (Lipinski definition) is 12. The van der Waals surface area contributed by atoms with E-state index in [2.05, 4.69) is 5.73 Å². The summed E-state index contributed by atoms with van der Waals surface area (Å²) in [7, 11) is 0. The summed E-state index contributed by atoms with van der Waals surface area (Å²) < 4.78 is 5.41. The molecule has 5 atom stereocenters. The quantitative estimate of drug-likeness (QED) is 0.0249. The lowest BCUT2D eigenvalue weighted by Crippen LogP contribution is -2.66. The predicted molar refractivity (Wildman–Crippen MR) is 289 cm³/mol. The SMILES string of the molecule is CC(=O)OC1CC(C)(C)C(=C=C/C(C)=C/C=C/C(C)=C/C=C/C=C(C)/C=C/C=C(\C)C(=O)CC2(O)C(C)(C)CC(O)CC2(C)O)C(C)(O)C1.O=C(O)CCC(=O)O.Oc1ccc(/C=C/c2cc(O)cc(O)c2)cc1. The minimum absolute atomic E-state index is 0.0198. The van der Waals surface area contributed by atoms with Gasteiger partial charge in [-0.15, -0.1) is 5.73 Å². The number of phenolic OH excluding ortho intramolecular Hbond substituents is 3. The van der Waals surface area contributed by atoms with E-state index in [1.165, 1.54) is 19.9 Å². The van der Waals surface area contributed by atoms with Crippen LogP contribution in [0.1, 0.15) is 132 Å². The van der Waals surface area contributed by atoms with Crippen molar-refractivity contribution in [1.29, 1.82) is 0 Å². The fourth-order valence-corrected chi connectivity index (χ4v) is 8.93. The molecule has 2 aromatic carbocycles. The van der Waals surface area contributed by atoms with Gasteiger partial charge in [-0.25, -0.2) is 0 Å². The maximum atomic E-state index is 13.0. The van der Waals surface area contributed by atoms with Crippen molar-refractivity contribution in [3.63, 3.8) is 0 Å². The summed E-state index contributed by atoms with van der Waals surface area (Å²) in [5.41, 5.74) is 3.69. The molecule has 0 aromatic heterocycles. The van der Waals surface area contributed by atoms with E-state index in [1.807, 2.05) is 95.4 Å². The summed E-state index contributed by atoms with van der Waals surface area (Å²) >= 11 is 0. The van der Waals surface area contributed by atoms with Crippen LogP contribution >= 0.6 is 0 Å². The van der Waals surface area contributed by atoms with Gasteiger partial charge in [-0.05, 0) is 118 Å². The number of aliphatic hydroxyl groups excluding tert-OH is 1. The molecule has 14 nitrogen and oxygen atoms in total. The Balaban J connectivity index is 0.000000605. The van der Waals surface area contributed by atoms with Crippen LogP contribution < -0.4 is 0 Å². The molecular formula is C60H78O14. The van der Waals surface area contributed by atoms with Gasteiger partial charge in [0.2, 0.25) is 0 Å². The minimum atomic E-state index is -1.66. The second-order valence-electron chi connectivity index (χ2n) is 20.8. The normalized spacial score (nSPS) is 24.2. The van der Waals surface area contributed by atoms with E-state index in [0.29, 0.717) is 30.4 Å². The first-order valence-corrected chi connectivity index (χ1v) is 24.4. The molecule has 402 valence electrons. The summed E-state index contributed by atoms with van der Waals surface area (Å²) in [6.45, 7) is 19.9. The molecular weight excluding hydrogens is 945 g/mol. The number of carbonyl (C=O) groups excluding carboxylic acids is 2. The van der Waals surface area contributed by atoms with Gasteiger partial charge < -0.3 is 50.7 Å². The van der Waals surface area contributed by atoms with Crippen LogP contribution in [0.15, 0.2) is 143 Å². The highest BCUT2D eigenvalue weighted by Crippen LogP contribution is 2.51. The van der Waals surface area contributed by atoms with Crippen LogP contribution in [-0.4, -0.2) is 98.7 Å². The van der Waals surface area contributed by atoms with Gasteiger partial charge in [0.25, 0.3) is 0 Å². The van der Waals surface area contributed by atoms with Crippen LogP contribution in [0.5, 0.6) is 17.2 Å². The van der Waals surface area contributed by atoms with Gasteiger partial charge in [0, 0.05) is 37.8 Å². The Bertz CT molecular complexity index is 2530. The molecule has 2 fully saturated rings. The monoisotopic (exact) mass is 1020 g/mol. The molecule has 2 aromatic rings. The molecule has 5 unspecified atom stereocenters. The molecule has 0 spiro atoms. The lowest BCUT2D eigenvalue weighted by Gasteiger charge is -2.56. The second kappa shape index (κ2) is 28.0. The number of hydrogen-bond donors (Lipinski definition) is 9. The average Bonchev–Trinajstić information content (AvgIpc) is 3.25. The maximum Gasteiger partial charge on any atom is 0.303 e. The molecule has 2 aliphatic rings.